The van der Waals surface area contributed by atoms with Crippen molar-refractivity contribution >= 4 is 0 Å². The molecule has 0 spiro atoms. The van der Waals surface area contributed by atoms with Gasteiger partial charge in [0.25, 0.3) is 0 Å². The number of aliphatic hydroxyl groups is 1. The predicted molar refractivity (Wildman–Crippen MR) is 57.4 cm³/mol. The van der Waals surface area contributed by atoms with Crippen LogP contribution in [0.2, 0.25) is 0 Å². The average molecular weight is 204 g/mol. The van der Waals surface area contributed by atoms with Crippen LogP contribution in [0.5, 0.6) is 0 Å². The first-order valence-electron chi connectivity index (χ1n) is 5.44. The molecule has 3 nitrogen and oxygen atoms in total. The fraction of sp³-hybridized carbons (Fsp3) is 1.00. The molecule has 0 aliphatic heterocycles. The van der Waals surface area contributed by atoms with Gasteiger partial charge in [-0.15, -0.1) is 0 Å². The second kappa shape index (κ2) is 8.21. The standard InChI is InChI=1S/C11H24O3/c1-5-9(2)7-13-11(4)8-14-10(3)6-12/h9-12H,5-8H2,1-4H3. The van der Waals surface area contributed by atoms with E-state index in [1.54, 1.807) is 0 Å². The van der Waals surface area contributed by atoms with Crippen LogP contribution in [0.15, 0.2) is 0 Å². The zero-order chi connectivity index (χ0) is 11.0. The zero-order valence-electron chi connectivity index (χ0n) is 9.82. The molecule has 86 valence electrons. The number of rotatable bonds is 8. The Morgan fingerprint density at radius 1 is 1.00 bits per heavy atom. The first kappa shape index (κ1) is 13.9. The van der Waals surface area contributed by atoms with Gasteiger partial charge in [-0.1, -0.05) is 20.3 Å². The smallest absolute Gasteiger partial charge is 0.0780 e. The van der Waals surface area contributed by atoms with Crippen molar-refractivity contribution in [2.75, 3.05) is 19.8 Å². The van der Waals surface area contributed by atoms with E-state index in [4.69, 9.17) is 14.6 Å². The van der Waals surface area contributed by atoms with Crippen molar-refractivity contribution in [1.29, 1.82) is 0 Å². The zero-order valence-corrected chi connectivity index (χ0v) is 9.82. The molecule has 0 rings (SSSR count). The Bertz CT molecular complexity index is 114. The van der Waals surface area contributed by atoms with E-state index >= 15 is 0 Å². The molecule has 0 heterocycles. The molecule has 0 saturated carbocycles. The van der Waals surface area contributed by atoms with E-state index in [-0.39, 0.29) is 18.8 Å². The fourth-order valence-electron chi connectivity index (χ4n) is 0.847. The Morgan fingerprint density at radius 3 is 2.07 bits per heavy atom. The van der Waals surface area contributed by atoms with Crippen molar-refractivity contribution in [1.82, 2.24) is 0 Å². The van der Waals surface area contributed by atoms with Gasteiger partial charge in [0, 0.05) is 6.61 Å². The van der Waals surface area contributed by atoms with Crippen molar-refractivity contribution in [3.05, 3.63) is 0 Å². The number of hydrogen-bond donors (Lipinski definition) is 1. The van der Waals surface area contributed by atoms with Crippen LogP contribution < -0.4 is 0 Å². The van der Waals surface area contributed by atoms with Gasteiger partial charge in [0.15, 0.2) is 0 Å². The Morgan fingerprint density at radius 2 is 1.57 bits per heavy atom. The topological polar surface area (TPSA) is 38.7 Å². The van der Waals surface area contributed by atoms with Gasteiger partial charge in [-0.3, -0.25) is 0 Å². The van der Waals surface area contributed by atoms with Gasteiger partial charge in [-0.05, 0) is 19.8 Å². The monoisotopic (exact) mass is 204 g/mol. The van der Waals surface area contributed by atoms with E-state index in [9.17, 15) is 0 Å². The molecule has 3 heteroatoms. The SMILES string of the molecule is CCC(C)COC(C)COC(C)CO. The molecule has 0 fully saturated rings. The molecule has 3 atom stereocenters. The first-order valence-corrected chi connectivity index (χ1v) is 5.44. The van der Waals surface area contributed by atoms with E-state index in [1.165, 1.54) is 0 Å². The molecular weight excluding hydrogens is 180 g/mol. The summed E-state index contributed by atoms with van der Waals surface area (Å²) >= 11 is 0. The van der Waals surface area contributed by atoms with Crippen LogP contribution in [0.25, 0.3) is 0 Å². The second-order valence-electron chi connectivity index (χ2n) is 3.98. The van der Waals surface area contributed by atoms with E-state index in [0.717, 1.165) is 13.0 Å². The summed E-state index contributed by atoms with van der Waals surface area (Å²) in [4.78, 5) is 0. The molecule has 0 aliphatic rings. The minimum absolute atomic E-state index is 0.0675. The lowest BCUT2D eigenvalue weighted by atomic mass is 10.1. The minimum atomic E-state index is -0.0929. The van der Waals surface area contributed by atoms with Gasteiger partial charge in [0.2, 0.25) is 0 Å². The maximum atomic E-state index is 8.74. The van der Waals surface area contributed by atoms with Gasteiger partial charge in [0.05, 0.1) is 25.4 Å². The Balaban J connectivity index is 3.40. The number of ether oxygens (including phenoxy) is 2. The number of hydrogen-bond acceptors (Lipinski definition) is 3. The number of aliphatic hydroxyl groups excluding tert-OH is 1. The lowest BCUT2D eigenvalue weighted by Crippen LogP contribution is -2.23. The molecule has 14 heavy (non-hydrogen) atoms. The van der Waals surface area contributed by atoms with Crippen molar-refractivity contribution in [3.8, 4) is 0 Å². The van der Waals surface area contributed by atoms with Crippen LogP contribution >= 0.6 is 0 Å². The average Bonchev–Trinajstić information content (AvgIpc) is 2.22. The summed E-state index contributed by atoms with van der Waals surface area (Å²) in [6.07, 6.45) is 1.16. The fourth-order valence-corrected chi connectivity index (χ4v) is 0.847. The highest BCUT2D eigenvalue weighted by Crippen LogP contribution is 2.04. The highest BCUT2D eigenvalue weighted by molar-refractivity contribution is 4.53. The summed E-state index contributed by atoms with van der Waals surface area (Å²) in [5.74, 6) is 0.604. The van der Waals surface area contributed by atoms with E-state index < -0.39 is 0 Å². The van der Waals surface area contributed by atoms with Crippen LogP contribution in [0.4, 0.5) is 0 Å². The molecular formula is C11H24O3. The summed E-state index contributed by atoms with van der Waals surface area (Å²) in [7, 11) is 0. The van der Waals surface area contributed by atoms with Crippen molar-refractivity contribution in [2.45, 2.75) is 46.3 Å². The van der Waals surface area contributed by atoms with E-state index in [0.29, 0.717) is 12.5 Å². The van der Waals surface area contributed by atoms with Crippen molar-refractivity contribution < 1.29 is 14.6 Å². The van der Waals surface area contributed by atoms with Crippen LogP contribution in [0.1, 0.15) is 34.1 Å². The van der Waals surface area contributed by atoms with Gasteiger partial charge < -0.3 is 14.6 Å². The third-order valence-corrected chi connectivity index (χ3v) is 2.23. The van der Waals surface area contributed by atoms with Crippen LogP contribution in [-0.2, 0) is 9.47 Å². The van der Waals surface area contributed by atoms with Gasteiger partial charge in [-0.25, -0.2) is 0 Å². The molecule has 0 aliphatic carbocycles. The summed E-state index contributed by atoms with van der Waals surface area (Å²) in [5, 5.41) is 8.74. The van der Waals surface area contributed by atoms with Gasteiger partial charge in [-0.2, -0.15) is 0 Å². The Kier molecular flexibility index (Phi) is 8.14. The highest BCUT2D eigenvalue weighted by Gasteiger charge is 2.07. The molecule has 0 saturated heterocycles. The summed E-state index contributed by atoms with van der Waals surface area (Å²) in [6.45, 7) is 9.57. The molecule has 0 aromatic carbocycles. The lowest BCUT2D eigenvalue weighted by molar-refractivity contribution is -0.0519. The van der Waals surface area contributed by atoms with E-state index in [2.05, 4.69) is 13.8 Å². The third kappa shape index (κ3) is 7.30. The third-order valence-electron chi connectivity index (χ3n) is 2.23. The summed E-state index contributed by atoms with van der Waals surface area (Å²) in [5.41, 5.74) is 0. The molecule has 1 N–H and O–H groups in total. The molecule has 0 amide bonds. The maximum Gasteiger partial charge on any atom is 0.0780 e. The second-order valence-corrected chi connectivity index (χ2v) is 3.98. The Hall–Kier alpha value is -0.120. The highest BCUT2D eigenvalue weighted by atomic mass is 16.5. The van der Waals surface area contributed by atoms with Crippen LogP contribution in [0.3, 0.4) is 0 Å². The molecule has 0 radical (unpaired) electrons. The van der Waals surface area contributed by atoms with Gasteiger partial charge >= 0.3 is 0 Å². The van der Waals surface area contributed by atoms with Crippen molar-refractivity contribution in [2.24, 2.45) is 5.92 Å². The Labute approximate surface area is 87.4 Å². The van der Waals surface area contributed by atoms with Gasteiger partial charge in [0.1, 0.15) is 0 Å². The molecule has 0 aromatic rings. The first-order chi connectivity index (χ1) is 6.60. The summed E-state index contributed by atoms with van der Waals surface area (Å²) < 4.78 is 10.9. The minimum Gasteiger partial charge on any atom is -0.394 e. The van der Waals surface area contributed by atoms with Crippen LogP contribution in [0, 0.1) is 5.92 Å². The van der Waals surface area contributed by atoms with Crippen LogP contribution in [-0.4, -0.2) is 37.1 Å². The quantitative estimate of drug-likeness (QED) is 0.655. The molecule has 0 bridgehead atoms. The normalized spacial score (nSPS) is 17.8. The molecule has 0 aromatic heterocycles. The largest absolute Gasteiger partial charge is 0.394 e. The molecule has 3 unspecified atom stereocenters. The lowest BCUT2D eigenvalue weighted by Gasteiger charge is -2.18. The van der Waals surface area contributed by atoms with E-state index in [1.807, 2.05) is 13.8 Å². The maximum absolute atomic E-state index is 8.74. The summed E-state index contributed by atoms with van der Waals surface area (Å²) in [6, 6.07) is 0. The van der Waals surface area contributed by atoms with Crippen molar-refractivity contribution in [3.63, 3.8) is 0 Å². The predicted octanol–water partition coefficient (Wildman–Crippen LogP) is 1.83.